The second-order valence-corrected chi connectivity index (χ2v) is 6.37. The van der Waals surface area contributed by atoms with Crippen LogP contribution in [-0.2, 0) is 4.79 Å². The van der Waals surface area contributed by atoms with Crippen LogP contribution in [-0.4, -0.2) is 27.8 Å². The standard InChI is InChI=1S/C15H14Cl3N3O3/c1-7(2)9-5-12(20-21-15(9)18)24-14-10(16)3-8(4-11(14)17)19-6-13(22)23/h3-5,7,19H,6H2,1-2H3,(H,22,23). The molecule has 2 rings (SSSR count). The van der Waals surface area contributed by atoms with Crippen LogP contribution in [0.3, 0.4) is 0 Å². The quantitative estimate of drug-likeness (QED) is 0.733. The Morgan fingerprint density at radius 1 is 1.21 bits per heavy atom. The van der Waals surface area contributed by atoms with E-state index in [0.717, 1.165) is 5.56 Å². The molecule has 0 amide bonds. The van der Waals surface area contributed by atoms with E-state index in [2.05, 4.69) is 15.5 Å². The van der Waals surface area contributed by atoms with E-state index in [4.69, 9.17) is 44.6 Å². The highest BCUT2D eigenvalue weighted by atomic mass is 35.5. The van der Waals surface area contributed by atoms with Crippen molar-refractivity contribution in [3.63, 3.8) is 0 Å². The number of benzene rings is 1. The molecule has 0 aliphatic carbocycles. The second kappa shape index (κ2) is 7.88. The third kappa shape index (κ3) is 4.63. The van der Waals surface area contributed by atoms with Crippen molar-refractivity contribution in [1.29, 1.82) is 0 Å². The first-order chi connectivity index (χ1) is 11.3. The van der Waals surface area contributed by atoms with E-state index in [1.165, 1.54) is 12.1 Å². The third-order valence-corrected chi connectivity index (χ3v) is 3.88. The molecule has 1 heterocycles. The zero-order valence-corrected chi connectivity index (χ0v) is 15.1. The van der Waals surface area contributed by atoms with Gasteiger partial charge in [0.05, 0.1) is 10.0 Å². The number of ether oxygens (including phenoxy) is 1. The smallest absolute Gasteiger partial charge is 0.322 e. The van der Waals surface area contributed by atoms with Crippen molar-refractivity contribution in [2.75, 3.05) is 11.9 Å². The van der Waals surface area contributed by atoms with Gasteiger partial charge in [0.2, 0.25) is 5.88 Å². The minimum Gasteiger partial charge on any atom is -0.480 e. The van der Waals surface area contributed by atoms with Gasteiger partial charge in [-0.1, -0.05) is 48.7 Å². The molecule has 0 radical (unpaired) electrons. The molecule has 0 saturated carbocycles. The monoisotopic (exact) mass is 389 g/mol. The number of carboxylic acid groups (broad SMARTS) is 1. The normalized spacial score (nSPS) is 10.8. The first-order valence-corrected chi connectivity index (χ1v) is 8.07. The maximum atomic E-state index is 10.6. The second-order valence-electron chi connectivity index (χ2n) is 5.20. The fourth-order valence-electron chi connectivity index (χ4n) is 1.87. The molecule has 0 atom stereocenters. The summed E-state index contributed by atoms with van der Waals surface area (Å²) in [6.45, 7) is 3.68. The number of halogens is 3. The summed E-state index contributed by atoms with van der Waals surface area (Å²) in [5, 5.41) is 19.8. The van der Waals surface area contributed by atoms with Gasteiger partial charge in [-0.05, 0) is 23.6 Å². The Balaban J connectivity index is 2.27. The molecule has 0 aliphatic heterocycles. The van der Waals surface area contributed by atoms with E-state index < -0.39 is 5.97 Å². The Morgan fingerprint density at radius 3 is 2.38 bits per heavy atom. The number of aromatic nitrogens is 2. The first-order valence-electron chi connectivity index (χ1n) is 6.93. The Labute approximate surface area is 153 Å². The summed E-state index contributed by atoms with van der Waals surface area (Å²) in [7, 11) is 0. The first kappa shape index (κ1) is 18.6. The molecule has 0 fully saturated rings. The van der Waals surface area contributed by atoms with Gasteiger partial charge in [-0.2, -0.15) is 0 Å². The van der Waals surface area contributed by atoms with E-state index in [0.29, 0.717) is 10.8 Å². The summed E-state index contributed by atoms with van der Waals surface area (Å²) in [5.74, 6) is -0.451. The number of hydrogen-bond acceptors (Lipinski definition) is 5. The van der Waals surface area contributed by atoms with Crippen molar-refractivity contribution >= 4 is 46.5 Å². The van der Waals surface area contributed by atoms with Crippen LogP contribution >= 0.6 is 34.8 Å². The molecule has 0 spiro atoms. The van der Waals surface area contributed by atoms with Gasteiger partial charge in [-0.25, -0.2) is 0 Å². The minimum absolute atomic E-state index is 0.142. The Kier molecular flexibility index (Phi) is 6.10. The van der Waals surface area contributed by atoms with E-state index in [1.807, 2.05) is 13.8 Å². The predicted octanol–water partition coefficient (Wildman–Crippen LogP) is 4.85. The zero-order valence-electron chi connectivity index (χ0n) is 12.8. The van der Waals surface area contributed by atoms with Gasteiger partial charge in [0.1, 0.15) is 6.54 Å². The summed E-state index contributed by atoms with van der Waals surface area (Å²) in [6.07, 6.45) is 0. The van der Waals surface area contributed by atoms with Gasteiger partial charge >= 0.3 is 5.97 Å². The Morgan fingerprint density at radius 2 is 1.83 bits per heavy atom. The number of anilines is 1. The van der Waals surface area contributed by atoms with Crippen molar-refractivity contribution < 1.29 is 14.6 Å². The highest BCUT2D eigenvalue weighted by Crippen LogP contribution is 2.39. The van der Waals surface area contributed by atoms with Gasteiger partial charge in [-0.15, -0.1) is 10.2 Å². The number of aliphatic carboxylic acids is 1. The van der Waals surface area contributed by atoms with Crippen molar-refractivity contribution in [2.45, 2.75) is 19.8 Å². The molecular formula is C15H14Cl3N3O3. The molecule has 2 aromatic rings. The summed E-state index contributed by atoms with van der Waals surface area (Å²) in [6, 6.07) is 4.69. The molecule has 128 valence electrons. The van der Waals surface area contributed by atoms with Crippen molar-refractivity contribution in [3.05, 3.63) is 39.0 Å². The fourth-order valence-corrected chi connectivity index (χ4v) is 2.74. The van der Waals surface area contributed by atoms with Crippen molar-refractivity contribution in [2.24, 2.45) is 0 Å². The van der Waals surface area contributed by atoms with Gasteiger partial charge in [0.15, 0.2) is 10.9 Å². The minimum atomic E-state index is -1.000. The van der Waals surface area contributed by atoms with Crippen molar-refractivity contribution in [3.8, 4) is 11.6 Å². The summed E-state index contributed by atoms with van der Waals surface area (Å²) >= 11 is 18.3. The van der Waals surface area contributed by atoms with Crippen LogP contribution in [0.15, 0.2) is 18.2 Å². The van der Waals surface area contributed by atoms with Gasteiger partial charge in [-0.3, -0.25) is 4.79 Å². The van der Waals surface area contributed by atoms with Crippen LogP contribution in [0.25, 0.3) is 0 Å². The van der Waals surface area contributed by atoms with E-state index >= 15 is 0 Å². The Bertz CT molecular complexity index is 746. The lowest BCUT2D eigenvalue weighted by atomic mass is 10.1. The molecule has 2 N–H and O–H groups in total. The van der Waals surface area contributed by atoms with Gasteiger partial charge in [0, 0.05) is 11.8 Å². The molecule has 0 bridgehead atoms. The fraction of sp³-hybridized carbons (Fsp3) is 0.267. The lowest BCUT2D eigenvalue weighted by Crippen LogP contribution is -2.12. The number of carbonyl (C=O) groups is 1. The molecule has 6 nitrogen and oxygen atoms in total. The average Bonchev–Trinajstić information content (AvgIpc) is 2.50. The Hall–Kier alpha value is -1.76. The van der Waals surface area contributed by atoms with Crippen LogP contribution in [0.2, 0.25) is 15.2 Å². The maximum absolute atomic E-state index is 10.6. The van der Waals surface area contributed by atoms with E-state index in [1.54, 1.807) is 6.07 Å². The summed E-state index contributed by atoms with van der Waals surface area (Å²) < 4.78 is 5.63. The lowest BCUT2D eigenvalue weighted by Gasteiger charge is -2.13. The summed E-state index contributed by atoms with van der Waals surface area (Å²) in [5.41, 5.74) is 1.25. The topological polar surface area (TPSA) is 84.3 Å². The van der Waals surface area contributed by atoms with Gasteiger partial charge < -0.3 is 15.2 Å². The predicted molar refractivity (Wildman–Crippen MR) is 93.8 cm³/mol. The molecule has 0 saturated heterocycles. The molecule has 0 aliphatic rings. The zero-order chi connectivity index (χ0) is 17.9. The number of nitrogens with zero attached hydrogens (tertiary/aromatic N) is 2. The van der Waals surface area contributed by atoms with Crippen LogP contribution in [0, 0.1) is 0 Å². The van der Waals surface area contributed by atoms with Gasteiger partial charge in [0.25, 0.3) is 0 Å². The molecule has 24 heavy (non-hydrogen) atoms. The average molecular weight is 391 g/mol. The maximum Gasteiger partial charge on any atom is 0.322 e. The van der Waals surface area contributed by atoms with E-state index in [-0.39, 0.29) is 34.1 Å². The highest BCUT2D eigenvalue weighted by Gasteiger charge is 2.15. The highest BCUT2D eigenvalue weighted by molar-refractivity contribution is 6.37. The molecular weight excluding hydrogens is 377 g/mol. The number of nitrogens with one attached hydrogen (secondary N) is 1. The summed E-state index contributed by atoms with van der Waals surface area (Å²) in [4.78, 5) is 10.6. The third-order valence-electron chi connectivity index (χ3n) is 3.02. The molecule has 0 unspecified atom stereocenters. The number of carboxylic acids is 1. The number of rotatable bonds is 6. The molecule has 9 heteroatoms. The van der Waals surface area contributed by atoms with Crippen LogP contribution in [0.1, 0.15) is 25.3 Å². The van der Waals surface area contributed by atoms with Crippen LogP contribution < -0.4 is 10.1 Å². The molecule has 1 aromatic carbocycles. The van der Waals surface area contributed by atoms with Crippen molar-refractivity contribution in [1.82, 2.24) is 10.2 Å². The SMILES string of the molecule is CC(C)c1cc(Oc2c(Cl)cc(NCC(=O)O)cc2Cl)nnc1Cl. The van der Waals surface area contributed by atoms with E-state index in [9.17, 15) is 4.79 Å². The largest absolute Gasteiger partial charge is 0.480 e. The van der Waals surface area contributed by atoms with Crippen LogP contribution in [0.5, 0.6) is 11.6 Å². The lowest BCUT2D eigenvalue weighted by molar-refractivity contribution is -0.134. The molecule has 1 aromatic heterocycles. The van der Waals surface area contributed by atoms with Crippen LogP contribution in [0.4, 0.5) is 5.69 Å². The number of hydrogen-bond donors (Lipinski definition) is 2.